The maximum atomic E-state index is 11.2. The molecular weight excluding hydrogens is 234 g/mol. The Hall–Kier alpha value is -2.30. The summed E-state index contributed by atoms with van der Waals surface area (Å²) in [6.07, 6.45) is 2.48. The highest BCUT2D eigenvalue weighted by atomic mass is 16.5. The Bertz CT molecular complexity index is 437. The van der Waals surface area contributed by atoms with E-state index in [1.807, 2.05) is 24.3 Å². The topological polar surface area (TPSA) is 75.6 Å². The minimum Gasteiger partial charge on any atom is -0.497 e. The molecule has 0 saturated carbocycles. The number of carbonyl (C=O) groups excluding carboxylic acids is 1. The van der Waals surface area contributed by atoms with Crippen LogP contribution in [0.2, 0.25) is 0 Å². The Kier molecular flexibility index (Phi) is 5.44. The first-order valence-electron chi connectivity index (χ1n) is 5.43. The normalized spacial score (nSPS) is 10.3. The first-order valence-corrected chi connectivity index (χ1v) is 5.43. The van der Waals surface area contributed by atoms with Crippen LogP contribution in [0.5, 0.6) is 5.75 Å². The molecular formula is C13H15NO4. The summed E-state index contributed by atoms with van der Waals surface area (Å²) in [5.41, 5.74) is 1.07. The van der Waals surface area contributed by atoms with Gasteiger partial charge >= 0.3 is 5.97 Å². The molecule has 0 spiro atoms. The fraction of sp³-hybridized carbons (Fsp3) is 0.231. The van der Waals surface area contributed by atoms with Gasteiger partial charge in [-0.15, -0.1) is 0 Å². The van der Waals surface area contributed by atoms with Gasteiger partial charge in [-0.05, 0) is 24.1 Å². The maximum absolute atomic E-state index is 11.2. The van der Waals surface area contributed by atoms with Crippen molar-refractivity contribution in [1.29, 1.82) is 0 Å². The highest BCUT2D eigenvalue weighted by Gasteiger charge is 1.98. The zero-order valence-electron chi connectivity index (χ0n) is 10.1. The lowest BCUT2D eigenvalue weighted by atomic mass is 10.1. The van der Waals surface area contributed by atoms with E-state index in [9.17, 15) is 9.59 Å². The molecule has 0 unspecified atom stereocenters. The van der Waals surface area contributed by atoms with Gasteiger partial charge in [-0.3, -0.25) is 4.79 Å². The van der Waals surface area contributed by atoms with Gasteiger partial charge in [0.2, 0.25) is 5.91 Å². The van der Waals surface area contributed by atoms with Crippen LogP contribution in [0.1, 0.15) is 5.56 Å². The predicted octanol–water partition coefficient (Wildman–Crippen LogP) is 0.995. The zero-order valence-corrected chi connectivity index (χ0v) is 10.1. The molecule has 1 aromatic rings. The zero-order chi connectivity index (χ0) is 13.4. The molecule has 0 aliphatic carbocycles. The van der Waals surface area contributed by atoms with Crippen LogP contribution in [0.15, 0.2) is 36.4 Å². The molecule has 1 aromatic carbocycles. The van der Waals surface area contributed by atoms with E-state index in [-0.39, 0.29) is 0 Å². The second-order valence-corrected chi connectivity index (χ2v) is 3.56. The molecule has 2 N–H and O–H groups in total. The standard InChI is InChI=1S/C13H15NO4/c1-18-11-4-2-10(3-5-11)8-9-14-12(15)6-7-13(16)17/h2-7H,8-9H2,1H3,(H,14,15)(H,16,17)/b7-6+. The van der Waals surface area contributed by atoms with Crippen molar-refractivity contribution in [2.75, 3.05) is 13.7 Å². The molecule has 0 atom stereocenters. The first-order chi connectivity index (χ1) is 8.61. The number of hydrogen-bond donors (Lipinski definition) is 2. The molecule has 0 bridgehead atoms. The second-order valence-electron chi connectivity index (χ2n) is 3.56. The molecule has 5 heteroatoms. The number of carbonyl (C=O) groups is 2. The van der Waals surface area contributed by atoms with E-state index in [2.05, 4.69) is 5.32 Å². The fourth-order valence-corrected chi connectivity index (χ4v) is 1.33. The smallest absolute Gasteiger partial charge is 0.328 e. The third-order valence-electron chi connectivity index (χ3n) is 2.25. The number of ether oxygens (including phenoxy) is 1. The number of nitrogens with one attached hydrogen (secondary N) is 1. The van der Waals surface area contributed by atoms with E-state index in [0.717, 1.165) is 23.5 Å². The number of benzene rings is 1. The Labute approximate surface area is 105 Å². The lowest BCUT2D eigenvalue weighted by Crippen LogP contribution is -2.23. The SMILES string of the molecule is COc1ccc(CCNC(=O)/C=C/C(=O)O)cc1. The van der Waals surface area contributed by atoms with Gasteiger partial charge < -0.3 is 15.2 Å². The van der Waals surface area contributed by atoms with Gasteiger partial charge in [-0.25, -0.2) is 4.79 Å². The van der Waals surface area contributed by atoms with E-state index in [1.165, 1.54) is 0 Å². The Morgan fingerprint density at radius 3 is 2.50 bits per heavy atom. The van der Waals surface area contributed by atoms with Crippen molar-refractivity contribution in [1.82, 2.24) is 5.32 Å². The average Bonchev–Trinajstić information content (AvgIpc) is 2.37. The Balaban J connectivity index is 2.32. The number of amides is 1. The van der Waals surface area contributed by atoms with E-state index in [4.69, 9.17) is 9.84 Å². The largest absolute Gasteiger partial charge is 0.497 e. The van der Waals surface area contributed by atoms with Crippen molar-refractivity contribution in [2.45, 2.75) is 6.42 Å². The Morgan fingerprint density at radius 2 is 1.94 bits per heavy atom. The molecule has 0 aliphatic heterocycles. The number of aliphatic carboxylic acids is 1. The predicted molar refractivity (Wildman–Crippen MR) is 66.5 cm³/mol. The molecule has 0 fully saturated rings. The van der Waals surface area contributed by atoms with E-state index >= 15 is 0 Å². The summed E-state index contributed by atoms with van der Waals surface area (Å²) in [5.74, 6) is -0.765. The van der Waals surface area contributed by atoms with E-state index in [0.29, 0.717) is 13.0 Å². The van der Waals surface area contributed by atoms with Crippen LogP contribution in [-0.2, 0) is 16.0 Å². The van der Waals surface area contributed by atoms with Gasteiger partial charge in [0.25, 0.3) is 0 Å². The molecule has 0 heterocycles. The fourth-order valence-electron chi connectivity index (χ4n) is 1.33. The lowest BCUT2D eigenvalue weighted by molar-refractivity contribution is -0.131. The summed E-state index contributed by atoms with van der Waals surface area (Å²) in [6.45, 7) is 0.453. The van der Waals surface area contributed by atoms with Crippen LogP contribution < -0.4 is 10.1 Å². The van der Waals surface area contributed by atoms with Crippen molar-refractivity contribution in [3.8, 4) is 5.75 Å². The number of carboxylic acid groups (broad SMARTS) is 1. The number of carboxylic acids is 1. The third kappa shape index (κ3) is 5.16. The molecule has 96 valence electrons. The summed E-state index contributed by atoms with van der Waals surface area (Å²) in [5, 5.41) is 10.9. The van der Waals surface area contributed by atoms with Gasteiger partial charge in [-0.1, -0.05) is 12.1 Å². The highest BCUT2D eigenvalue weighted by Crippen LogP contribution is 2.11. The average molecular weight is 249 g/mol. The first kappa shape index (κ1) is 13.8. The summed E-state index contributed by atoms with van der Waals surface area (Å²) in [4.78, 5) is 21.3. The molecule has 0 aromatic heterocycles. The van der Waals surface area contributed by atoms with Crippen molar-refractivity contribution < 1.29 is 19.4 Å². The molecule has 5 nitrogen and oxygen atoms in total. The quantitative estimate of drug-likeness (QED) is 0.737. The van der Waals surface area contributed by atoms with E-state index in [1.54, 1.807) is 7.11 Å². The minimum absolute atomic E-state index is 0.411. The van der Waals surface area contributed by atoms with Crippen LogP contribution in [-0.4, -0.2) is 30.6 Å². The van der Waals surface area contributed by atoms with Gasteiger partial charge in [-0.2, -0.15) is 0 Å². The van der Waals surface area contributed by atoms with Gasteiger partial charge in [0, 0.05) is 18.7 Å². The summed E-state index contributed by atoms with van der Waals surface area (Å²) >= 11 is 0. The maximum Gasteiger partial charge on any atom is 0.328 e. The lowest BCUT2D eigenvalue weighted by Gasteiger charge is -2.04. The van der Waals surface area contributed by atoms with Crippen molar-refractivity contribution in [2.24, 2.45) is 0 Å². The highest BCUT2D eigenvalue weighted by molar-refractivity contribution is 5.93. The molecule has 18 heavy (non-hydrogen) atoms. The third-order valence-corrected chi connectivity index (χ3v) is 2.25. The summed E-state index contributed by atoms with van der Waals surface area (Å²) in [6, 6.07) is 7.53. The van der Waals surface area contributed by atoms with Crippen molar-refractivity contribution in [3.05, 3.63) is 42.0 Å². The molecule has 1 rings (SSSR count). The van der Waals surface area contributed by atoms with Gasteiger partial charge in [0.1, 0.15) is 5.75 Å². The van der Waals surface area contributed by atoms with Crippen LogP contribution in [0.4, 0.5) is 0 Å². The summed E-state index contributed by atoms with van der Waals surface area (Å²) in [7, 11) is 1.60. The van der Waals surface area contributed by atoms with Gasteiger partial charge in [0.05, 0.1) is 7.11 Å². The number of rotatable bonds is 6. The van der Waals surface area contributed by atoms with Gasteiger partial charge in [0.15, 0.2) is 0 Å². The van der Waals surface area contributed by atoms with Crippen LogP contribution in [0.25, 0.3) is 0 Å². The molecule has 0 radical (unpaired) electrons. The minimum atomic E-state index is -1.14. The van der Waals surface area contributed by atoms with Crippen LogP contribution >= 0.6 is 0 Å². The second kappa shape index (κ2) is 7.11. The van der Waals surface area contributed by atoms with Crippen molar-refractivity contribution in [3.63, 3.8) is 0 Å². The van der Waals surface area contributed by atoms with E-state index < -0.39 is 11.9 Å². The summed E-state index contributed by atoms with van der Waals surface area (Å²) < 4.78 is 5.03. The molecule has 0 saturated heterocycles. The molecule has 0 aliphatic rings. The number of hydrogen-bond acceptors (Lipinski definition) is 3. The van der Waals surface area contributed by atoms with Crippen molar-refractivity contribution >= 4 is 11.9 Å². The number of methoxy groups -OCH3 is 1. The van der Waals surface area contributed by atoms with Crippen LogP contribution in [0, 0.1) is 0 Å². The van der Waals surface area contributed by atoms with Crippen LogP contribution in [0.3, 0.4) is 0 Å². The Morgan fingerprint density at radius 1 is 1.28 bits per heavy atom. The molecule has 1 amide bonds. The monoisotopic (exact) mass is 249 g/mol.